The van der Waals surface area contributed by atoms with Crippen molar-refractivity contribution in [2.24, 2.45) is 0 Å². The molecule has 0 N–H and O–H groups in total. The van der Waals surface area contributed by atoms with Gasteiger partial charge in [0.25, 0.3) is 0 Å². The number of hydrogen-bond donors (Lipinski definition) is 0. The van der Waals surface area contributed by atoms with Crippen LogP contribution in [-0.4, -0.2) is 10.5 Å². The van der Waals surface area contributed by atoms with Crippen molar-refractivity contribution >= 4 is 21.6 Å². The molecule has 2 unspecified atom stereocenters. The summed E-state index contributed by atoms with van der Waals surface area (Å²) in [5.74, 6) is 0. The Kier molecular flexibility index (Phi) is 1.93. The van der Waals surface area contributed by atoms with E-state index in [9.17, 15) is 0 Å². The SMILES string of the molecule is [CH2]C1CC(C)SS1. The Morgan fingerprint density at radius 3 is 2.43 bits per heavy atom. The number of rotatable bonds is 0. The Bertz CT molecular complexity index is 55.1. The molecule has 0 aromatic carbocycles. The van der Waals surface area contributed by atoms with E-state index in [1.165, 1.54) is 6.42 Å². The molecule has 0 nitrogen and oxygen atoms in total. The average Bonchev–Trinajstić information content (AvgIpc) is 1.87. The van der Waals surface area contributed by atoms with Crippen LogP contribution in [0.1, 0.15) is 13.3 Å². The van der Waals surface area contributed by atoms with Gasteiger partial charge in [0.05, 0.1) is 0 Å². The molecular formula is C5H9S2. The predicted octanol–water partition coefficient (Wildman–Crippen LogP) is 2.36. The van der Waals surface area contributed by atoms with Crippen LogP contribution in [0.2, 0.25) is 0 Å². The van der Waals surface area contributed by atoms with Gasteiger partial charge in [-0.3, -0.25) is 0 Å². The summed E-state index contributed by atoms with van der Waals surface area (Å²) >= 11 is 0. The average molecular weight is 133 g/mol. The van der Waals surface area contributed by atoms with E-state index in [0.717, 1.165) is 5.25 Å². The maximum atomic E-state index is 3.93. The summed E-state index contributed by atoms with van der Waals surface area (Å²) in [6.07, 6.45) is 1.29. The summed E-state index contributed by atoms with van der Waals surface area (Å²) in [5, 5.41) is 1.49. The van der Waals surface area contributed by atoms with E-state index in [1.54, 1.807) is 0 Å². The molecule has 1 aliphatic rings. The molecule has 0 aromatic heterocycles. The topological polar surface area (TPSA) is 0 Å². The van der Waals surface area contributed by atoms with Gasteiger partial charge in [0.15, 0.2) is 0 Å². The summed E-state index contributed by atoms with van der Waals surface area (Å²) in [7, 11) is 3.87. The van der Waals surface area contributed by atoms with Gasteiger partial charge in [-0.15, -0.1) is 0 Å². The zero-order valence-electron chi connectivity index (χ0n) is 4.39. The van der Waals surface area contributed by atoms with Crippen molar-refractivity contribution in [1.29, 1.82) is 0 Å². The molecule has 0 aromatic rings. The van der Waals surface area contributed by atoms with E-state index in [1.807, 2.05) is 21.6 Å². The fourth-order valence-corrected chi connectivity index (χ4v) is 3.28. The summed E-state index contributed by atoms with van der Waals surface area (Å²) in [6, 6.07) is 0. The zero-order chi connectivity index (χ0) is 5.28. The van der Waals surface area contributed by atoms with Crippen molar-refractivity contribution in [1.82, 2.24) is 0 Å². The Hall–Kier alpha value is 0.700. The lowest BCUT2D eigenvalue weighted by atomic mass is 10.3. The van der Waals surface area contributed by atoms with Crippen LogP contribution < -0.4 is 0 Å². The third-order valence-corrected chi connectivity index (χ3v) is 4.18. The molecular weight excluding hydrogens is 124 g/mol. The molecule has 0 saturated carbocycles. The van der Waals surface area contributed by atoms with Crippen LogP contribution in [0.4, 0.5) is 0 Å². The lowest BCUT2D eigenvalue weighted by Crippen LogP contribution is -1.93. The Morgan fingerprint density at radius 1 is 1.57 bits per heavy atom. The highest BCUT2D eigenvalue weighted by Crippen LogP contribution is 2.42. The first-order valence-electron chi connectivity index (χ1n) is 2.44. The Morgan fingerprint density at radius 2 is 2.29 bits per heavy atom. The van der Waals surface area contributed by atoms with E-state index >= 15 is 0 Å². The van der Waals surface area contributed by atoms with Crippen molar-refractivity contribution in [3.63, 3.8) is 0 Å². The van der Waals surface area contributed by atoms with Crippen molar-refractivity contribution < 1.29 is 0 Å². The smallest absolute Gasteiger partial charge is 0.0162 e. The summed E-state index contributed by atoms with van der Waals surface area (Å²) in [4.78, 5) is 0. The molecule has 1 radical (unpaired) electrons. The van der Waals surface area contributed by atoms with Gasteiger partial charge in [-0.25, -0.2) is 0 Å². The highest BCUT2D eigenvalue weighted by atomic mass is 33.1. The first-order chi connectivity index (χ1) is 3.29. The minimum atomic E-state index is 0.653. The standard InChI is InChI=1S/C5H9S2/c1-4-3-5(2)7-6-4/h4-5H,1,3H2,2H3. The van der Waals surface area contributed by atoms with Crippen LogP contribution in [-0.2, 0) is 0 Å². The summed E-state index contributed by atoms with van der Waals surface area (Å²) in [6.45, 7) is 6.18. The molecule has 1 saturated heterocycles. The fourth-order valence-electron chi connectivity index (χ4n) is 0.622. The minimum Gasteiger partial charge on any atom is -0.0907 e. The second kappa shape index (κ2) is 2.31. The van der Waals surface area contributed by atoms with Gasteiger partial charge >= 0.3 is 0 Å². The highest BCUT2D eigenvalue weighted by Gasteiger charge is 2.17. The first-order valence-corrected chi connectivity index (χ1v) is 4.72. The van der Waals surface area contributed by atoms with Crippen molar-refractivity contribution in [3.8, 4) is 0 Å². The molecule has 41 valence electrons. The van der Waals surface area contributed by atoms with E-state index in [4.69, 9.17) is 0 Å². The molecule has 7 heavy (non-hydrogen) atoms. The Labute approximate surface area is 52.8 Å². The van der Waals surface area contributed by atoms with Crippen LogP contribution in [0.3, 0.4) is 0 Å². The number of hydrogen-bond acceptors (Lipinski definition) is 2. The maximum absolute atomic E-state index is 3.93. The van der Waals surface area contributed by atoms with Gasteiger partial charge in [-0.05, 0) is 13.3 Å². The van der Waals surface area contributed by atoms with Crippen LogP contribution >= 0.6 is 21.6 Å². The van der Waals surface area contributed by atoms with E-state index in [-0.39, 0.29) is 0 Å². The third kappa shape index (κ3) is 1.57. The second-order valence-electron chi connectivity index (χ2n) is 1.86. The van der Waals surface area contributed by atoms with Crippen LogP contribution in [0.25, 0.3) is 0 Å². The molecule has 0 spiro atoms. The Balaban J connectivity index is 2.26. The molecule has 1 aliphatic heterocycles. The summed E-state index contributed by atoms with van der Waals surface area (Å²) in [5.41, 5.74) is 0. The predicted molar refractivity (Wildman–Crippen MR) is 38.4 cm³/mol. The quantitative estimate of drug-likeness (QED) is 0.465. The molecule has 1 fully saturated rings. The lowest BCUT2D eigenvalue weighted by Gasteiger charge is -1.92. The van der Waals surface area contributed by atoms with Gasteiger partial charge < -0.3 is 0 Å². The van der Waals surface area contributed by atoms with E-state index < -0.39 is 0 Å². The van der Waals surface area contributed by atoms with Crippen LogP contribution in [0.15, 0.2) is 0 Å². The molecule has 0 aliphatic carbocycles. The van der Waals surface area contributed by atoms with Gasteiger partial charge in [0, 0.05) is 10.5 Å². The monoisotopic (exact) mass is 133 g/mol. The lowest BCUT2D eigenvalue weighted by molar-refractivity contribution is 0.862. The van der Waals surface area contributed by atoms with E-state index in [2.05, 4.69) is 13.8 Å². The maximum Gasteiger partial charge on any atom is 0.0162 e. The van der Waals surface area contributed by atoms with Crippen LogP contribution in [0.5, 0.6) is 0 Å². The van der Waals surface area contributed by atoms with Gasteiger partial charge in [-0.2, -0.15) is 0 Å². The zero-order valence-corrected chi connectivity index (χ0v) is 6.02. The molecule has 2 atom stereocenters. The fraction of sp³-hybridized carbons (Fsp3) is 0.800. The van der Waals surface area contributed by atoms with Gasteiger partial charge in [0.1, 0.15) is 0 Å². The summed E-state index contributed by atoms with van der Waals surface area (Å²) < 4.78 is 0. The molecule has 1 rings (SSSR count). The van der Waals surface area contributed by atoms with Gasteiger partial charge in [-0.1, -0.05) is 28.5 Å². The van der Waals surface area contributed by atoms with Crippen molar-refractivity contribution in [3.05, 3.63) is 6.92 Å². The van der Waals surface area contributed by atoms with Crippen LogP contribution in [0, 0.1) is 6.92 Å². The van der Waals surface area contributed by atoms with Gasteiger partial charge in [0.2, 0.25) is 0 Å². The molecule has 0 amide bonds. The molecule has 2 heteroatoms. The largest absolute Gasteiger partial charge is 0.0907 e. The minimum absolute atomic E-state index is 0.653. The second-order valence-corrected chi connectivity index (χ2v) is 4.87. The van der Waals surface area contributed by atoms with Crippen molar-refractivity contribution in [2.75, 3.05) is 0 Å². The highest BCUT2D eigenvalue weighted by molar-refractivity contribution is 8.77. The third-order valence-electron chi connectivity index (χ3n) is 0.951. The first kappa shape index (κ1) is 5.83. The molecule has 0 bridgehead atoms. The normalized spacial score (nSPS) is 42.0. The van der Waals surface area contributed by atoms with Crippen molar-refractivity contribution in [2.45, 2.75) is 23.8 Å². The van der Waals surface area contributed by atoms with E-state index in [0.29, 0.717) is 5.25 Å². The molecule has 1 heterocycles.